The summed E-state index contributed by atoms with van der Waals surface area (Å²) in [6, 6.07) is 15.8. The predicted molar refractivity (Wildman–Crippen MR) is 92.3 cm³/mol. The largest absolute Gasteiger partial charge is 0.345 e. The van der Waals surface area contributed by atoms with Crippen molar-refractivity contribution in [3.05, 3.63) is 76.6 Å². The number of nitrogens with one attached hydrogen (secondary N) is 1. The highest BCUT2D eigenvalue weighted by Crippen LogP contribution is 2.18. The van der Waals surface area contributed by atoms with Gasteiger partial charge in [-0.25, -0.2) is 4.39 Å². The first-order valence-electron chi connectivity index (χ1n) is 7.79. The second-order valence-corrected chi connectivity index (χ2v) is 5.54. The minimum Gasteiger partial charge on any atom is -0.345 e. The van der Waals surface area contributed by atoms with E-state index >= 15 is 0 Å². The van der Waals surface area contributed by atoms with Gasteiger partial charge in [-0.3, -0.25) is 4.79 Å². The second-order valence-electron chi connectivity index (χ2n) is 5.54. The monoisotopic (exact) mass is 322 g/mol. The Labute approximate surface area is 141 Å². The fraction of sp³-hybridized carbons (Fsp3) is 0.200. The molecule has 0 aliphatic carbocycles. The van der Waals surface area contributed by atoms with Gasteiger partial charge >= 0.3 is 0 Å². The summed E-state index contributed by atoms with van der Waals surface area (Å²) < 4.78 is 13.8. The molecule has 0 spiro atoms. The maximum absolute atomic E-state index is 13.8. The van der Waals surface area contributed by atoms with Gasteiger partial charge in [0.25, 0.3) is 5.91 Å². The Balaban J connectivity index is 2.24. The summed E-state index contributed by atoms with van der Waals surface area (Å²) in [6.07, 6.45) is 1.97. The average Bonchev–Trinajstić information content (AvgIpc) is 2.60. The average molecular weight is 322 g/mol. The normalized spacial score (nSPS) is 12.3. The van der Waals surface area contributed by atoms with E-state index in [0.717, 1.165) is 11.1 Å². The predicted octanol–water partition coefficient (Wildman–Crippen LogP) is 4.31. The van der Waals surface area contributed by atoms with E-state index in [0.29, 0.717) is 6.42 Å². The Morgan fingerprint density at radius 3 is 2.62 bits per heavy atom. The topological polar surface area (TPSA) is 52.9 Å². The zero-order valence-corrected chi connectivity index (χ0v) is 13.7. The van der Waals surface area contributed by atoms with Crippen molar-refractivity contribution in [1.29, 1.82) is 5.26 Å². The number of rotatable bonds is 5. The molecule has 2 aromatic carbocycles. The molecule has 0 aliphatic heterocycles. The van der Waals surface area contributed by atoms with E-state index in [-0.39, 0.29) is 17.2 Å². The number of nitrogens with zero attached hydrogens (tertiary/aromatic N) is 1. The molecule has 1 N–H and O–H groups in total. The van der Waals surface area contributed by atoms with Gasteiger partial charge in [0.15, 0.2) is 0 Å². The van der Waals surface area contributed by atoms with Crippen LogP contribution in [-0.4, -0.2) is 5.91 Å². The van der Waals surface area contributed by atoms with Gasteiger partial charge in [0.05, 0.1) is 6.04 Å². The van der Waals surface area contributed by atoms with Crippen LogP contribution in [0.25, 0.3) is 6.08 Å². The van der Waals surface area contributed by atoms with Crippen LogP contribution in [0.2, 0.25) is 0 Å². The van der Waals surface area contributed by atoms with Crippen molar-refractivity contribution in [1.82, 2.24) is 5.32 Å². The van der Waals surface area contributed by atoms with E-state index in [2.05, 4.69) is 5.32 Å². The van der Waals surface area contributed by atoms with Crippen LogP contribution in [-0.2, 0) is 4.79 Å². The zero-order chi connectivity index (χ0) is 17.5. The highest BCUT2D eigenvalue weighted by molar-refractivity contribution is 6.01. The second kappa shape index (κ2) is 8.07. The van der Waals surface area contributed by atoms with Crippen LogP contribution < -0.4 is 5.32 Å². The van der Waals surface area contributed by atoms with Gasteiger partial charge < -0.3 is 5.32 Å². The van der Waals surface area contributed by atoms with Crippen LogP contribution >= 0.6 is 0 Å². The molecule has 3 nitrogen and oxygen atoms in total. The maximum atomic E-state index is 13.8. The standard InChI is InChI=1S/C20H19FN2O/c1-3-19(15-7-5-4-6-8-15)23-20(24)17(13-22)12-16-11-14(2)9-10-18(16)21/h4-12,19H,3H2,1-2H3,(H,23,24)/b17-12-. The van der Waals surface area contributed by atoms with Crippen LogP contribution in [0.5, 0.6) is 0 Å². The molecule has 24 heavy (non-hydrogen) atoms. The van der Waals surface area contributed by atoms with Crippen LogP contribution in [0.4, 0.5) is 4.39 Å². The van der Waals surface area contributed by atoms with Crippen LogP contribution in [0.15, 0.2) is 54.1 Å². The number of carbonyl (C=O) groups is 1. The summed E-state index contributed by atoms with van der Waals surface area (Å²) in [5, 5.41) is 12.1. The molecule has 4 heteroatoms. The molecular weight excluding hydrogens is 303 g/mol. The van der Waals surface area contributed by atoms with Crippen molar-refractivity contribution in [3.8, 4) is 6.07 Å². The summed E-state index contributed by atoms with van der Waals surface area (Å²) in [7, 11) is 0. The molecule has 0 aliphatic rings. The molecule has 0 radical (unpaired) electrons. The molecule has 0 fully saturated rings. The molecule has 1 amide bonds. The summed E-state index contributed by atoms with van der Waals surface area (Å²) in [5.74, 6) is -0.967. The summed E-state index contributed by atoms with van der Waals surface area (Å²) in [6.45, 7) is 3.78. The van der Waals surface area contributed by atoms with Gasteiger partial charge in [0.2, 0.25) is 0 Å². The highest BCUT2D eigenvalue weighted by Gasteiger charge is 2.16. The van der Waals surface area contributed by atoms with Crippen LogP contribution in [0.1, 0.15) is 36.1 Å². The van der Waals surface area contributed by atoms with E-state index in [1.807, 2.05) is 50.2 Å². The maximum Gasteiger partial charge on any atom is 0.262 e. The van der Waals surface area contributed by atoms with Crippen molar-refractivity contribution in [2.24, 2.45) is 0 Å². The lowest BCUT2D eigenvalue weighted by Gasteiger charge is -2.17. The molecular formula is C20H19FN2O. The quantitative estimate of drug-likeness (QED) is 0.659. The Morgan fingerprint density at radius 2 is 2.00 bits per heavy atom. The van der Waals surface area contributed by atoms with E-state index in [4.69, 9.17) is 0 Å². The first kappa shape index (κ1) is 17.4. The fourth-order valence-corrected chi connectivity index (χ4v) is 2.42. The molecule has 1 unspecified atom stereocenters. The van der Waals surface area contributed by atoms with E-state index in [1.54, 1.807) is 12.1 Å². The molecule has 0 saturated carbocycles. The van der Waals surface area contributed by atoms with Gasteiger partial charge in [-0.1, -0.05) is 48.9 Å². The van der Waals surface area contributed by atoms with E-state index in [9.17, 15) is 14.4 Å². The number of carbonyl (C=O) groups excluding carboxylic acids is 1. The molecule has 2 rings (SSSR count). The molecule has 122 valence electrons. The smallest absolute Gasteiger partial charge is 0.262 e. The van der Waals surface area contributed by atoms with Crippen molar-refractivity contribution >= 4 is 12.0 Å². The number of amides is 1. The number of hydrogen-bond donors (Lipinski definition) is 1. The lowest BCUT2D eigenvalue weighted by Crippen LogP contribution is -2.29. The number of halogens is 1. The number of hydrogen-bond acceptors (Lipinski definition) is 2. The summed E-state index contributed by atoms with van der Waals surface area (Å²) >= 11 is 0. The van der Waals surface area contributed by atoms with E-state index < -0.39 is 11.7 Å². The molecule has 2 aromatic rings. The lowest BCUT2D eigenvalue weighted by molar-refractivity contribution is -0.117. The lowest BCUT2D eigenvalue weighted by atomic mass is 10.0. The minimum atomic E-state index is -0.505. The SMILES string of the molecule is CCC(NC(=O)/C(C#N)=C\c1cc(C)ccc1F)c1ccccc1. The molecule has 1 atom stereocenters. The first-order chi connectivity index (χ1) is 11.5. The Hall–Kier alpha value is -2.93. The van der Waals surface area contributed by atoms with Crippen LogP contribution in [0.3, 0.4) is 0 Å². The first-order valence-corrected chi connectivity index (χ1v) is 7.79. The van der Waals surface area contributed by atoms with Crippen LogP contribution in [0, 0.1) is 24.1 Å². The molecule has 0 aromatic heterocycles. The Kier molecular flexibility index (Phi) is 5.86. The van der Waals surface area contributed by atoms with E-state index in [1.165, 1.54) is 12.1 Å². The van der Waals surface area contributed by atoms with Crippen molar-refractivity contribution < 1.29 is 9.18 Å². The molecule has 0 heterocycles. The van der Waals surface area contributed by atoms with Crippen molar-refractivity contribution in [2.75, 3.05) is 0 Å². The Bertz CT molecular complexity index is 791. The Morgan fingerprint density at radius 1 is 1.29 bits per heavy atom. The van der Waals surface area contributed by atoms with Gasteiger partial charge in [0, 0.05) is 5.56 Å². The van der Waals surface area contributed by atoms with Gasteiger partial charge in [-0.2, -0.15) is 5.26 Å². The minimum absolute atomic E-state index is 0.117. The zero-order valence-electron chi connectivity index (χ0n) is 13.7. The third-order valence-electron chi connectivity index (χ3n) is 3.73. The molecule has 0 saturated heterocycles. The number of nitriles is 1. The number of benzene rings is 2. The third-order valence-corrected chi connectivity index (χ3v) is 3.73. The van der Waals surface area contributed by atoms with Gasteiger partial charge in [-0.15, -0.1) is 0 Å². The van der Waals surface area contributed by atoms with Crippen molar-refractivity contribution in [3.63, 3.8) is 0 Å². The highest BCUT2D eigenvalue weighted by atomic mass is 19.1. The third kappa shape index (κ3) is 4.30. The van der Waals surface area contributed by atoms with Gasteiger partial charge in [0.1, 0.15) is 17.5 Å². The molecule has 0 bridgehead atoms. The fourth-order valence-electron chi connectivity index (χ4n) is 2.42. The summed E-state index contributed by atoms with van der Waals surface area (Å²) in [4.78, 5) is 12.4. The number of aryl methyl sites for hydroxylation is 1. The summed E-state index contributed by atoms with van der Waals surface area (Å²) in [5.41, 5.74) is 1.94. The van der Waals surface area contributed by atoms with Crippen molar-refractivity contribution in [2.45, 2.75) is 26.3 Å². The van der Waals surface area contributed by atoms with Gasteiger partial charge in [-0.05, 0) is 37.1 Å².